The van der Waals surface area contributed by atoms with E-state index in [2.05, 4.69) is 13.8 Å². The fourth-order valence-electron chi connectivity index (χ4n) is 2.50. The van der Waals surface area contributed by atoms with Crippen LogP contribution in [0.25, 0.3) is 0 Å². The average molecular weight is 229 g/mol. The highest BCUT2D eigenvalue weighted by atomic mass is 16.5. The standard InChI is InChI=1S/C13H27NO2/c1-3-5-11(2)9-16-12-6-4-7-13(14,8-12)10-15/h11-12,15H,3-10,14H2,1-2H3. The molecular formula is C13H27NO2. The molecular weight excluding hydrogens is 202 g/mol. The molecule has 0 saturated heterocycles. The first-order valence-electron chi connectivity index (χ1n) is 6.61. The summed E-state index contributed by atoms with van der Waals surface area (Å²) in [7, 11) is 0. The van der Waals surface area contributed by atoms with Crippen LogP contribution < -0.4 is 5.73 Å². The van der Waals surface area contributed by atoms with E-state index < -0.39 is 5.54 Å². The van der Waals surface area contributed by atoms with Crippen molar-refractivity contribution in [2.45, 2.75) is 64.0 Å². The quantitative estimate of drug-likeness (QED) is 0.733. The first-order chi connectivity index (χ1) is 7.59. The summed E-state index contributed by atoms with van der Waals surface area (Å²) < 4.78 is 5.90. The molecule has 3 unspecified atom stereocenters. The van der Waals surface area contributed by atoms with E-state index in [1.54, 1.807) is 0 Å². The Morgan fingerprint density at radius 2 is 2.31 bits per heavy atom. The molecule has 1 fully saturated rings. The molecule has 1 aliphatic rings. The number of hydrogen-bond acceptors (Lipinski definition) is 3. The number of aliphatic hydroxyl groups excluding tert-OH is 1. The molecule has 3 nitrogen and oxygen atoms in total. The van der Waals surface area contributed by atoms with Crippen LogP contribution >= 0.6 is 0 Å². The van der Waals surface area contributed by atoms with Crippen molar-refractivity contribution < 1.29 is 9.84 Å². The monoisotopic (exact) mass is 229 g/mol. The summed E-state index contributed by atoms with van der Waals surface area (Å²) in [5.41, 5.74) is 5.69. The normalized spacial score (nSPS) is 32.6. The molecule has 0 heterocycles. The third kappa shape index (κ3) is 4.40. The summed E-state index contributed by atoms with van der Waals surface area (Å²) in [6.45, 7) is 5.35. The molecule has 1 aliphatic carbocycles. The van der Waals surface area contributed by atoms with Gasteiger partial charge in [-0.05, 0) is 38.0 Å². The summed E-state index contributed by atoms with van der Waals surface area (Å²) >= 11 is 0. The van der Waals surface area contributed by atoms with Crippen LogP contribution in [0.5, 0.6) is 0 Å². The lowest BCUT2D eigenvalue weighted by Crippen LogP contribution is -2.49. The van der Waals surface area contributed by atoms with Crippen molar-refractivity contribution in [2.75, 3.05) is 13.2 Å². The van der Waals surface area contributed by atoms with Gasteiger partial charge in [-0.3, -0.25) is 0 Å². The minimum Gasteiger partial charge on any atom is -0.394 e. The van der Waals surface area contributed by atoms with E-state index in [0.29, 0.717) is 5.92 Å². The van der Waals surface area contributed by atoms with Crippen molar-refractivity contribution in [1.29, 1.82) is 0 Å². The van der Waals surface area contributed by atoms with Crippen molar-refractivity contribution >= 4 is 0 Å². The summed E-state index contributed by atoms with van der Waals surface area (Å²) in [5.74, 6) is 0.633. The number of aliphatic hydroxyl groups is 1. The lowest BCUT2D eigenvalue weighted by atomic mass is 9.81. The van der Waals surface area contributed by atoms with E-state index in [0.717, 1.165) is 32.3 Å². The van der Waals surface area contributed by atoms with Gasteiger partial charge in [-0.25, -0.2) is 0 Å². The van der Waals surface area contributed by atoms with E-state index >= 15 is 0 Å². The highest BCUT2D eigenvalue weighted by Crippen LogP contribution is 2.28. The van der Waals surface area contributed by atoms with Crippen molar-refractivity contribution in [3.8, 4) is 0 Å². The second-order valence-electron chi connectivity index (χ2n) is 5.47. The molecule has 0 amide bonds. The fraction of sp³-hybridized carbons (Fsp3) is 1.00. The van der Waals surface area contributed by atoms with Crippen molar-refractivity contribution in [3.63, 3.8) is 0 Å². The van der Waals surface area contributed by atoms with Crippen molar-refractivity contribution in [1.82, 2.24) is 0 Å². The molecule has 96 valence electrons. The van der Waals surface area contributed by atoms with Crippen LogP contribution in [0.3, 0.4) is 0 Å². The zero-order valence-electron chi connectivity index (χ0n) is 10.7. The molecule has 3 heteroatoms. The lowest BCUT2D eigenvalue weighted by Gasteiger charge is -2.36. The summed E-state index contributed by atoms with van der Waals surface area (Å²) in [6.07, 6.45) is 6.59. The van der Waals surface area contributed by atoms with Crippen LogP contribution in [-0.2, 0) is 4.74 Å². The second kappa shape index (κ2) is 6.58. The van der Waals surface area contributed by atoms with Crippen molar-refractivity contribution in [3.05, 3.63) is 0 Å². The largest absolute Gasteiger partial charge is 0.394 e. The van der Waals surface area contributed by atoms with Gasteiger partial charge in [-0.15, -0.1) is 0 Å². The van der Waals surface area contributed by atoms with Gasteiger partial charge in [0.1, 0.15) is 0 Å². The Bertz CT molecular complexity index is 198. The van der Waals surface area contributed by atoms with Gasteiger partial charge < -0.3 is 15.6 Å². The van der Waals surface area contributed by atoms with Crippen LogP contribution in [-0.4, -0.2) is 30.0 Å². The Labute approximate surface area is 99.4 Å². The van der Waals surface area contributed by atoms with Crippen LogP contribution in [0.2, 0.25) is 0 Å². The molecule has 3 N–H and O–H groups in total. The summed E-state index contributed by atoms with van der Waals surface area (Å²) in [6, 6.07) is 0. The minimum absolute atomic E-state index is 0.0807. The van der Waals surface area contributed by atoms with Gasteiger partial charge in [0.05, 0.1) is 12.7 Å². The highest BCUT2D eigenvalue weighted by molar-refractivity contribution is 4.90. The Kier molecular flexibility index (Phi) is 5.73. The fourth-order valence-corrected chi connectivity index (χ4v) is 2.50. The number of nitrogens with two attached hydrogens (primary N) is 1. The van der Waals surface area contributed by atoms with Gasteiger partial charge in [0.25, 0.3) is 0 Å². The Morgan fingerprint density at radius 3 is 2.94 bits per heavy atom. The molecule has 1 saturated carbocycles. The van der Waals surface area contributed by atoms with E-state index in [9.17, 15) is 5.11 Å². The SMILES string of the molecule is CCCC(C)COC1CCCC(N)(CO)C1. The van der Waals surface area contributed by atoms with Crippen LogP contribution in [0.1, 0.15) is 52.4 Å². The molecule has 0 aliphatic heterocycles. The van der Waals surface area contributed by atoms with Crippen LogP contribution in [0, 0.1) is 5.92 Å². The zero-order chi connectivity index (χ0) is 12.0. The van der Waals surface area contributed by atoms with Crippen molar-refractivity contribution in [2.24, 2.45) is 11.7 Å². The third-order valence-corrected chi connectivity index (χ3v) is 3.55. The second-order valence-corrected chi connectivity index (χ2v) is 5.47. The molecule has 0 aromatic heterocycles. The number of ether oxygens (including phenoxy) is 1. The van der Waals surface area contributed by atoms with Gasteiger partial charge >= 0.3 is 0 Å². The molecule has 0 radical (unpaired) electrons. The predicted octanol–water partition coefficient (Wildman–Crippen LogP) is 2.07. The van der Waals surface area contributed by atoms with E-state index in [4.69, 9.17) is 10.5 Å². The Morgan fingerprint density at radius 1 is 1.56 bits per heavy atom. The molecule has 0 bridgehead atoms. The predicted molar refractivity (Wildman–Crippen MR) is 66.3 cm³/mol. The topological polar surface area (TPSA) is 55.5 Å². The Hall–Kier alpha value is -0.120. The molecule has 16 heavy (non-hydrogen) atoms. The van der Waals surface area contributed by atoms with Gasteiger partial charge in [-0.2, -0.15) is 0 Å². The maximum absolute atomic E-state index is 9.25. The van der Waals surface area contributed by atoms with E-state index in [-0.39, 0.29) is 12.7 Å². The first-order valence-corrected chi connectivity index (χ1v) is 6.61. The van der Waals surface area contributed by atoms with Crippen LogP contribution in [0.4, 0.5) is 0 Å². The zero-order valence-corrected chi connectivity index (χ0v) is 10.7. The first kappa shape index (κ1) is 13.9. The molecule has 0 spiro atoms. The maximum Gasteiger partial charge on any atom is 0.0612 e. The average Bonchev–Trinajstić information content (AvgIpc) is 2.27. The summed E-state index contributed by atoms with van der Waals surface area (Å²) in [5, 5.41) is 9.25. The van der Waals surface area contributed by atoms with Crippen LogP contribution in [0.15, 0.2) is 0 Å². The molecule has 0 aromatic carbocycles. The van der Waals surface area contributed by atoms with Gasteiger partial charge in [0.2, 0.25) is 0 Å². The highest BCUT2D eigenvalue weighted by Gasteiger charge is 2.32. The van der Waals surface area contributed by atoms with E-state index in [1.165, 1.54) is 12.8 Å². The lowest BCUT2D eigenvalue weighted by molar-refractivity contribution is -0.0189. The minimum atomic E-state index is -0.392. The maximum atomic E-state index is 9.25. The molecule has 0 aromatic rings. The van der Waals surface area contributed by atoms with E-state index in [1.807, 2.05) is 0 Å². The van der Waals surface area contributed by atoms with Gasteiger partial charge in [0, 0.05) is 12.1 Å². The Balaban J connectivity index is 2.27. The number of hydrogen-bond donors (Lipinski definition) is 2. The third-order valence-electron chi connectivity index (χ3n) is 3.55. The molecule has 1 rings (SSSR count). The number of rotatable bonds is 6. The summed E-state index contributed by atoms with van der Waals surface area (Å²) in [4.78, 5) is 0. The molecule has 3 atom stereocenters. The van der Waals surface area contributed by atoms with Gasteiger partial charge in [0.15, 0.2) is 0 Å². The smallest absolute Gasteiger partial charge is 0.0612 e. The van der Waals surface area contributed by atoms with Gasteiger partial charge in [-0.1, -0.05) is 20.3 Å².